The number of halogens is 5. The molecule has 135 heavy (non-hydrogen) atoms. The summed E-state index contributed by atoms with van der Waals surface area (Å²) in [4.78, 5) is 112. The van der Waals surface area contributed by atoms with Crippen LogP contribution in [0.25, 0.3) is 46.9 Å². The molecule has 0 bridgehead atoms. The number of likely N-dealkylation sites (N-methyl/N-ethyl adjacent to an activating group) is 2. The van der Waals surface area contributed by atoms with E-state index in [0.717, 1.165) is 173 Å². The lowest BCUT2D eigenvalue weighted by Crippen LogP contribution is -2.57. The van der Waals surface area contributed by atoms with Gasteiger partial charge in [-0.25, -0.2) is 42.9 Å². The minimum atomic E-state index is -1.01. The number of hydrogen-bond acceptors (Lipinski definition) is 23. The van der Waals surface area contributed by atoms with Crippen molar-refractivity contribution in [2.45, 2.75) is 127 Å². The molecular weight excluding hydrogens is 1800 g/mol. The van der Waals surface area contributed by atoms with E-state index in [1.807, 2.05) is 48.7 Å². The first-order valence-corrected chi connectivity index (χ1v) is 47.5. The van der Waals surface area contributed by atoms with Gasteiger partial charge in [0.25, 0.3) is 17.7 Å². The molecule has 29 nitrogen and oxygen atoms in total. The van der Waals surface area contributed by atoms with E-state index in [2.05, 4.69) is 193 Å². The summed E-state index contributed by atoms with van der Waals surface area (Å²) in [6, 6.07) is 40.0. The Morgan fingerprint density at radius 2 is 0.837 bits per heavy atom. The standard InChI is InChI=1S/C39H42FN7O2.C31H34BrFN8O2.C31H34ClFN8O2/c1-27-10-7-13-30-14-8-16-35(36(27)30)45-19-17-33-34(25-45)42-39(49-26-31-15-9-18-44(31)23-29-11-5-4-6-12-29)43-37(33)46-20-21-47(38(48)28(2)40)32(24-46)22-41-3;1-20(33)30(42)41-15-14-40(17-23(41)16-34-2)28-24-10-13-39(29-27-21(9-11-35-29)6-4-8-25(27)32)18-26(24)36-31(37-28)43-19-22-7-5-12-38(22)3;1-20(33)30(42)41-15-14-40(17-23(41)16-34-2)29-24-10-13-39(26-8-4-6-21-9-11-35-28(32)27(21)26)18-25(24)36-31(37-29)43-19-22-7-5-12-38(22)3/h4-8,10-14,16,31-32H,2,9,15,17-26H2,1H3;2*4,6,8-9,11,22-23H,1,5,7,10,12-19H2,3H3/t31-,32-;2*22-,23-/m000/s1. The summed E-state index contributed by atoms with van der Waals surface area (Å²) < 4.78 is 61.5. The third-order valence-corrected chi connectivity index (χ3v) is 28.5. The van der Waals surface area contributed by atoms with Crippen LogP contribution in [-0.4, -0.2) is 275 Å². The number of hydrogen-bond donors (Lipinski definition) is 0. The van der Waals surface area contributed by atoms with E-state index in [1.54, 1.807) is 6.20 Å². The molecule has 0 spiro atoms. The monoisotopic (exact) mass is 1910 g/mol. The fourth-order valence-electron chi connectivity index (χ4n) is 20.5. The van der Waals surface area contributed by atoms with Gasteiger partial charge in [0.05, 0.1) is 36.7 Å². The lowest BCUT2D eigenvalue weighted by molar-refractivity contribution is -0.131. The van der Waals surface area contributed by atoms with Gasteiger partial charge in [0.2, 0.25) is 19.6 Å². The number of likely N-dealkylation sites (tertiary alicyclic amines) is 3. The van der Waals surface area contributed by atoms with Gasteiger partial charge < -0.3 is 82.6 Å². The molecule has 9 aliphatic heterocycles. The molecule has 5 aromatic carbocycles. The largest absolute Gasteiger partial charge is 0.462 e. The van der Waals surface area contributed by atoms with E-state index in [-0.39, 0.29) is 45.3 Å². The van der Waals surface area contributed by atoms with E-state index in [1.165, 1.54) is 42.3 Å². The number of aromatic nitrogens is 8. The minimum Gasteiger partial charge on any atom is -0.462 e. The van der Waals surface area contributed by atoms with Gasteiger partial charge in [-0.1, -0.05) is 132 Å². The maximum atomic E-state index is 13.9. The van der Waals surface area contributed by atoms with E-state index in [0.29, 0.717) is 133 Å². The average molecular weight is 1910 g/mol. The lowest BCUT2D eigenvalue weighted by atomic mass is 9.99. The summed E-state index contributed by atoms with van der Waals surface area (Å²) in [5.41, 5.74) is 10.4. The lowest BCUT2D eigenvalue weighted by Gasteiger charge is -2.41. The van der Waals surface area contributed by atoms with Gasteiger partial charge in [-0.2, -0.15) is 29.9 Å². The number of ether oxygens (including phenoxy) is 3. The van der Waals surface area contributed by atoms with Crippen molar-refractivity contribution < 1.29 is 41.8 Å². The van der Waals surface area contributed by atoms with Gasteiger partial charge in [0, 0.05) is 164 Å². The normalized spacial score (nSPS) is 20.2. The van der Waals surface area contributed by atoms with Crippen LogP contribution in [0, 0.1) is 26.6 Å². The predicted molar refractivity (Wildman–Crippen MR) is 521 cm³/mol. The highest BCUT2D eigenvalue weighted by molar-refractivity contribution is 9.10. The van der Waals surface area contributed by atoms with Gasteiger partial charge in [-0.05, 0) is 156 Å². The van der Waals surface area contributed by atoms with Crippen molar-refractivity contribution in [3.63, 3.8) is 0 Å². The molecular formula is C101H110BrClF3N23O6. The van der Waals surface area contributed by atoms with Crippen LogP contribution in [0.2, 0.25) is 5.15 Å². The number of amides is 3. The predicted octanol–water partition coefficient (Wildman–Crippen LogP) is 14.3. The van der Waals surface area contributed by atoms with Gasteiger partial charge in [-0.15, -0.1) is 0 Å². The molecule has 10 aromatic rings. The van der Waals surface area contributed by atoms with Crippen LogP contribution in [0.5, 0.6) is 18.0 Å². The maximum absolute atomic E-state index is 13.9. The highest BCUT2D eigenvalue weighted by Gasteiger charge is 2.42. The summed E-state index contributed by atoms with van der Waals surface area (Å²) in [5, 5.41) is 7.00. The van der Waals surface area contributed by atoms with Crippen LogP contribution in [0.15, 0.2) is 169 Å². The maximum Gasteiger partial charge on any atom is 0.318 e. The van der Waals surface area contributed by atoms with Crippen molar-refractivity contribution in [3.05, 3.63) is 254 Å². The number of anilines is 6. The van der Waals surface area contributed by atoms with Crippen molar-refractivity contribution in [2.75, 3.05) is 181 Å². The summed E-state index contributed by atoms with van der Waals surface area (Å²) in [6.07, 6.45) is 12.2. The molecule has 0 radical (unpaired) electrons. The van der Waals surface area contributed by atoms with Gasteiger partial charge in [0.15, 0.2) is 17.5 Å². The number of aryl methyl sites for hydroxylation is 1. The number of nitrogens with zero attached hydrogens (tertiary/aromatic N) is 23. The number of piperazine rings is 3. The molecule has 0 N–H and O–H groups in total. The Kier molecular flexibility index (Phi) is 29.5. The Morgan fingerprint density at radius 3 is 1.29 bits per heavy atom. The van der Waals surface area contributed by atoms with Gasteiger partial charge in [0.1, 0.15) is 66.4 Å². The first kappa shape index (κ1) is 93.9. The van der Waals surface area contributed by atoms with E-state index >= 15 is 0 Å². The highest BCUT2D eigenvalue weighted by Crippen LogP contribution is 2.42. The highest BCUT2D eigenvalue weighted by atomic mass is 79.9. The first-order chi connectivity index (χ1) is 65.6. The molecule has 9 aliphatic rings. The average Bonchev–Trinajstić information content (AvgIpc) is 0.946. The minimum absolute atomic E-state index is 0.0593. The molecule has 14 heterocycles. The fourth-order valence-corrected chi connectivity index (χ4v) is 21.4. The van der Waals surface area contributed by atoms with Gasteiger partial charge in [-0.3, -0.25) is 19.3 Å². The van der Waals surface area contributed by atoms with Crippen molar-refractivity contribution >= 4 is 112 Å². The molecule has 3 amide bonds. The summed E-state index contributed by atoms with van der Waals surface area (Å²) >= 11 is 10.3. The molecule has 5 aromatic heterocycles. The molecule has 6 saturated heterocycles. The number of pyridine rings is 2. The zero-order valence-electron chi connectivity index (χ0n) is 76.4. The SMILES string of the molecule is [C-]#[N+]C[C@H]1CN(c2nc(OC[C@@H]3CCCN3C)nc3c2CCN(c2cccc4ccnc(Cl)c24)C3)CCN1C(=O)C(=C)F.[C-]#[N+]C[C@H]1CN(c2nc(OC[C@@H]3CCCN3C)nc3c2CCN(c2nccc4cccc(Br)c24)C3)CCN1C(=O)C(=C)F.[C-]#[N+]C[C@H]1CN(c2nc(OC[C@@H]3CCCN3Cc3ccccc3)nc3c2CCN(c2cccc4cccc(C)c24)C3)CCN1C(=O)C(=C)F. The Morgan fingerprint density at radius 1 is 0.437 bits per heavy atom. The summed E-state index contributed by atoms with van der Waals surface area (Å²) in [6.45, 7) is 46.9. The Labute approximate surface area is 798 Å². The molecule has 0 saturated carbocycles. The quantitative estimate of drug-likeness (QED) is 0.0329. The van der Waals surface area contributed by atoms with Crippen LogP contribution in [0.4, 0.5) is 47.8 Å². The molecule has 0 unspecified atom stereocenters. The zero-order chi connectivity index (χ0) is 94.1. The summed E-state index contributed by atoms with van der Waals surface area (Å²) in [7, 11) is 4.21. The molecule has 34 heteroatoms. The third kappa shape index (κ3) is 20.9. The zero-order valence-corrected chi connectivity index (χ0v) is 78.7. The van der Waals surface area contributed by atoms with E-state index in [4.69, 9.17) is 80.4 Å². The number of benzene rings is 5. The first-order valence-electron chi connectivity index (χ1n) is 46.3. The molecule has 700 valence electrons. The van der Waals surface area contributed by atoms with Crippen molar-refractivity contribution in [3.8, 4) is 18.0 Å². The van der Waals surface area contributed by atoms with Crippen LogP contribution in [0.1, 0.15) is 83.4 Å². The molecule has 19 rings (SSSR count). The van der Waals surface area contributed by atoms with Crippen molar-refractivity contribution in [1.29, 1.82) is 0 Å². The van der Waals surface area contributed by atoms with Crippen LogP contribution in [-0.2, 0) is 59.8 Å². The second-order valence-corrected chi connectivity index (χ2v) is 37.2. The van der Waals surface area contributed by atoms with Crippen LogP contribution in [0.3, 0.4) is 0 Å². The topological polar surface area (TPSA) is 234 Å². The summed E-state index contributed by atoms with van der Waals surface area (Å²) in [5.74, 6) is -2.12. The van der Waals surface area contributed by atoms with Crippen LogP contribution < -0.4 is 43.6 Å². The van der Waals surface area contributed by atoms with E-state index < -0.39 is 53.3 Å². The van der Waals surface area contributed by atoms with E-state index in [9.17, 15) is 27.6 Å². The number of carbonyl (C=O) groups excluding carboxylic acids is 3. The van der Waals surface area contributed by atoms with Crippen molar-refractivity contribution in [2.24, 2.45) is 0 Å². The van der Waals surface area contributed by atoms with Crippen molar-refractivity contribution in [1.82, 2.24) is 69.3 Å². The number of fused-ring (bicyclic) bond motifs is 6. The van der Waals surface area contributed by atoms with Crippen LogP contribution >= 0.6 is 27.5 Å². The van der Waals surface area contributed by atoms with Gasteiger partial charge >= 0.3 is 18.0 Å². The molecule has 6 atom stereocenters. The fraction of sp³-hybridized carbons (Fsp3) is 0.426. The number of rotatable bonds is 23. The second kappa shape index (κ2) is 42.4. The Balaban J connectivity index is 0.000000141. The molecule has 6 fully saturated rings. The Bertz CT molecular complexity index is 6020. The second-order valence-electron chi connectivity index (χ2n) is 35.9. The third-order valence-electron chi connectivity index (χ3n) is 27.6. The number of carbonyl (C=O) groups is 3. The smallest absolute Gasteiger partial charge is 0.318 e. The Hall–Kier alpha value is -12.8. The molecule has 0 aliphatic carbocycles.